The number of imidazole rings is 10. The summed E-state index contributed by atoms with van der Waals surface area (Å²) < 4.78 is 31.4. The van der Waals surface area contributed by atoms with Gasteiger partial charge in [0.1, 0.15) is 63.7 Å². The minimum atomic E-state index is 0.957. The second-order valence-electron chi connectivity index (χ2n) is 21.4. The van der Waals surface area contributed by atoms with Crippen LogP contribution in [0.5, 0.6) is 0 Å². The number of aromatic nitrogens is 20. The van der Waals surface area contributed by atoms with Gasteiger partial charge in [0.25, 0.3) is 0 Å². The van der Waals surface area contributed by atoms with Crippen LogP contribution in [0.1, 0.15) is 22.4 Å². The van der Waals surface area contributed by atoms with Gasteiger partial charge >= 0.3 is 0 Å². The first kappa shape index (κ1) is 55.4. The average molecular weight is 1120 g/mol. The summed E-state index contributed by atoms with van der Waals surface area (Å²) in [6.45, 7) is 8.45. The molecule has 0 aliphatic heterocycles. The van der Waals surface area contributed by atoms with Crippen molar-refractivity contribution < 1.29 is 22.8 Å². The van der Waals surface area contributed by atoms with Crippen LogP contribution >= 0.6 is 0 Å². The van der Waals surface area contributed by atoms with E-state index in [-0.39, 0.29) is 0 Å². The van der Waals surface area contributed by atoms with E-state index in [1.165, 1.54) is 67.9 Å². The topological polar surface area (TPSA) is 131 Å². The van der Waals surface area contributed by atoms with Crippen LogP contribution in [-0.4, -0.2) is 69.8 Å². The minimum absolute atomic E-state index is 0.957. The highest BCUT2D eigenvalue weighted by atomic mass is 15.2. The molecule has 0 radical (unpaired) electrons. The normalized spacial score (nSPS) is 11.2. The van der Waals surface area contributed by atoms with Gasteiger partial charge in [0.15, 0.2) is 30.5 Å². The number of aryl methyl sites for hydroxylation is 13. The van der Waals surface area contributed by atoms with Gasteiger partial charge in [-0.05, 0) is 50.6 Å². The van der Waals surface area contributed by atoms with Gasteiger partial charge in [-0.25, -0.2) is 24.9 Å². The molecule has 15 rings (SSSR count). The Morgan fingerprint density at radius 3 is 1.23 bits per heavy atom. The Balaban J connectivity index is 0.000000110. The number of rotatable bonds is 5. The van der Waals surface area contributed by atoms with E-state index in [0.717, 1.165) is 40.3 Å². The fraction of sp³-hybridized carbons (Fsp3) is 0.219. The van der Waals surface area contributed by atoms with Crippen molar-refractivity contribution in [1.82, 2.24) is 69.8 Å². The molecule has 0 saturated heterocycles. The Morgan fingerprint density at radius 2 is 0.762 bits per heavy atom. The van der Waals surface area contributed by atoms with Gasteiger partial charge in [-0.15, -0.1) is 0 Å². The Labute approximate surface area is 487 Å². The Hall–Kier alpha value is -10.5. The highest BCUT2D eigenvalue weighted by Gasteiger charge is 2.22. The highest BCUT2D eigenvalue weighted by molar-refractivity contribution is 5.61. The van der Waals surface area contributed by atoms with E-state index in [4.69, 9.17) is 0 Å². The van der Waals surface area contributed by atoms with Crippen molar-refractivity contribution in [2.45, 2.75) is 27.7 Å². The average Bonchev–Trinajstić information content (AvgIpc) is 2.74. The van der Waals surface area contributed by atoms with Crippen molar-refractivity contribution in [1.29, 1.82) is 0 Å². The molecule has 0 N–H and O–H groups in total. The van der Waals surface area contributed by atoms with E-state index in [1.54, 1.807) is 0 Å². The van der Waals surface area contributed by atoms with Gasteiger partial charge in [-0.1, -0.05) is 0 Å². The summed E-state index contributed by atoms with van der Waals surface area (Å²) >= 11 is 0. The summed E-state index contributed by atoms with van der Waals surface area (Å²) in [5.74, 6) is 4.80. The fourth-order valence-corrected chi connectivity index (χ4v) is 10.9. The molecule has 0 aromatic carbocycles. The van der Waals surface area contributed by atoms with Crippen LogP contribution in [0.25, 0.3) is 85.8 Å². The quantitative estimate of drug-likeness (QED) is 0.171. The minimum Gasteiger partial charge on any atom is -0.308 e. The smallest absolute Gasteiger partial charge is 0.233 e. The number of nitrogens with zero attached hydrogens (tertiary/aromatic N) is 20. The molecule has 84 heavy (non-hydrogen) atoms. The zero-order chi connectivity index (χ0) is 59.1. The first-order valence-electron chi connectivity index (χ1n) is 27.7. The van der Waals surface area contributed by atoms with Crippen LogP contribution < -0.4 is 22.8 Å². The maximum Gasteiger partial charge on any atom is 0.233 e. The van der Waals surface area contributed by atoms with Crippen LogP contribution in [0.4, 0.5) is 0 Å². The van der Waals surface area contributed by atoms with E-state index in [9.17, 15) is 0 Å². The molecule has 20 nitrogen and oxygen atoms in total. The SMILES string of the molecule is Cc1cc[n+](C)c(-c2cn3ccnc3n2C)c1.Cc1ccc(-c2cn3ccnc3n2C)[n+](C)c1.Cc1ccc[n+](C)c1-c1cn2ccnc2n1C.Cc1cccc(-c2cn3ccnc3n2C)[n+]1C.Cn1c(-c2cccc[n+]2C)cn2ccnc12. The third-order valence-corrected chi connectivity index (χ3v) is 15.7. The Morgan fingerprint density at radius 1 is 0.345 bits per heavy atom. The van der Waals surface area contributed by atoms with Crippen molar-refractivity contribution in [2.75, 3.05) is 0 Å². The number of pyridine rings is 5. The van der Waals surface area contributed by atoms with Crippen molar-refractivity contribution in [2.24, 2.45) is 70.5 Å². The van der Waals surface area contributed by atoms with Crippen LogP contribution in [0, 0.1) is 27.7 Å². The zero-order valence-electron chi connectivity index (χ0n) is 50.3. The molecule has 424 valence electrons. The first-order valence-corrected chi connectivity index (χ1v) is 27.7. The van der Waals surface area contributed by atoms with Crippen molar-refractivity contribution in [3.05, 3.63) is 213 Å². The molecule has 0 bridgehead atoms. The van der Waals surface area contributed by atoms with E-state index < -0.39 is 0 Å². The third kappa shape index (κ3) is 10.4. The van der Waals surface area contributed by atoms with E-state index >= 15 is 0 Å². The van der Waals surface area contributed by atoms with Gasteiger partial charge in [0.2, 0.25) is 57.4 Å². The summed E-state index contributed by atoms with van der Waals surface area (Å²) in [6, 6.07) is 25.3. The van der Waals surface area contributed by atoms with Gasteiger partial charge in [-0.3, -0.25) is 22.0 Å². The fourth-order valence-electron chi connectivity index (χ4n) is 10.9. The van der Waals surface area contributed by atoms with E-state index in [2.05, 4.69) is 237 Å². The molecule has 0 spiro atoms. The molecule has 0 fully saturated rings. The van der Waals surface area contributed by atoms with Gasteiger partial charge in [-0.2, -0.15) is 22.8 Å². The third-order valence-electron chi connectivity index (χ3n) is 15.7. The predicted octanol–water partition coefficient (Wildman–Crippen LogP) is 7.06. The lowest BCUT2D eigenvalue weighted by Crippen LogP contribution is -2.34. The van der Waals surface area contributed by atoms with E-state index in [0.29, 0.717) is 0 Å². The molecule has 0 amide bonds. The van der Waals surface area contributed by atoms with Crippen molar-refractivity contribution in [3.63, 3.8) is 0 Å². The Kier molecular flexibility index (Phi) is 15.0. The molecular formula is C64H73N20+5. The molecule has 0 aliphatic carbocycles. The maximum atomic E-state index is 4.34. The highest BCUT2D eigenvalue weighted by Crippen LogP contribution is 2.24. The monoisotopic (exact) mass is 1120 g/mol. The number of hydrogen-bond acceptors (Lipinski definition) is 5. The second-order valence-corrected chi connectivity index (χ2v) is 21.4. The van der Waals surface area contributed by atoms with Crippen LogP contribution in [0.2, 0.25) is 0 Å². The largest absolute Gasteiger partial charge is 0.308 e. The molecular weight excluding hydrogens is 1050 g/mol. The molecule has 20 heteroatoms. The maximum absolute atomic E-state index is 4.34. The lowest BCUT2D eigenvalue weighted by atomic mass is 10.1. The zero-order valence-corrected chi connectivity index (χ0v) is 50.3. The Bertz CT molecular complexity index is 4720. The van der Waals surface area contributed by atoms with Crippen molar-refractivity contribution in [3.8, 4) is 56.9 Å². The predicted molar refractivity (Wildman–Crippen MR) is 323 cm³/mol. The molecule has 15 aromatic rings. The summed E-state index contributed by atoms with van der Waals surface area (Å²) in [5, 5.41) is 0. The van der Waals surface area contributed by atoms with Crippen molar-refractivity contribution >= 4 is 28.9 Å². The molecule has 0 saturated carbocycles. The summed E-state index contributed by atoms with van der Waals surface area (Å²) in [7, 11) is 20.5. The summed E-state index contributed by atoms with van der Waals surface area (Å²) in [4.78, 5) is 21.6. The van der Waals surface area contributed by atoms with E-state index in [1.807, 2.05) is 145 Å². The van der Waals surface area contributed by atoms with Crippen LogP contribution in [0.15, 0.2) is 191 Å². The second kappa shape index (κ2) is 22.8. The standard InChI is InChI=1S/4C13H15N4.C12H13N4/c1-10-4-6-15(2)11(8-10)12-9-17-7-5-14-13(17)16(12)3;1-10-4-5-11(15(2)8-10)12-9-17-7-6-14-13(17)16(12)3;1-10-5-4-7-15(2)12(10)11-9-17-8-6-14-13(17)16(11)3;1-10-5-4-6-11(15(10)2)12-9-17-8-7-14-13(17)16(12)3;1-14-7-4-3-5-10(14)11-9-16-8-6-13-12(16)15(11)2/h4*4-9H,1-3H3;3-9H,1-2H3/q5*+1. The first-order chi connectivity index (χ1) is 40.5. The lowest BCUT2D eigenvalue weighted by molar-refractivity contribution is -0.666. The molecule has 15 heterocycles. The van der Waals surface area contributed by atoms with Gasteiger partial charge in [0, 0.05) is 195 Å². The molecule has 0 atom stereocenters. The lowest BCUT2D eigenvalue weighted by Gasteiger charge is -2.03. The number of fused-ring (bicyclic) bond motifs is 5. The molecule has 15 aromatic heterocycles. The molecule has 0 aliphatic rings. The van der Waals surface area contributed by atoms with Gasteiger partial charge in [0.05, 0.1) is 0 Å². The van der Waals surface area contributed by atoms with Gasteiger partial charge < -0.3 is 22.8 Å². The number of hydrogen-bond donors (Lipinski definition) is 0. The van der Waals surface area contributed by atoms with Crippen LogP contribution in [-0.2, 0) is 70.5 Å². The van der Waals surface area contributed by atoms with Crippen LogP contribution in [0.3, 0.4) is 0 Å². The summed E-state index contributed by atoms with van der Waals surface area (Å²) in [6.07, 6.45) is 37.8. The summed E-state index contributed by atoms with van der Waals surface area (Å²) in [5.41, 5.74) is 16.8. The molecule has 0 unspecified atom stereocenters.